The highest BCUT2D eigenvalue weighted by Gasteiger charge is 2.32. The van der Waals surface area contributed by atoms with E-state index in [0.717, 1.165) is 6.26 Å². The zero-order valence-corrected chi connectivity index (χ0v) is 15.0. The molecule has 0 saturated carbocycles. The average molecular weight is 363 g/mol. The molecule has 1 aliphatic rings. The van der Waals surface area contributed by atoms with Gasteiger partial charge < -0.3 is 0 Å². The van der Waals surface area contributed by atoms with E-state index in [9.17, 15) is 17.6 Å². The second kappa shape index (κ2) is 6.18. The Labute approximate surface area is 145 Å². The zero-order chi connectivity index (χ0) is 18.4. The van der Waals surface area contributed by atoms with Crippen LogP contribution >= 0.6 is 0 Å². The van der Waals surface area contributed by atoms with Gasteiger partial charge in [0.1, 0.15) is 11.6 Å². The van der Waals surface area contributed by atoms with Gasteiger partial charge in [0.15, 0.2) is 0 Å². The lowest BCUT2D eigenvalue weighted by atomic mass is 9.97. The van der Waals surface area contributed by atoms with E-state index in [1.54, 1.807) is 18.2 Å². The van der Waals surface area contributed by atoms with Gasteiger partial charge in [-0.25, -0.2) is 22.8 Å². The van der Waals surface area contributed by atoms with Crippen LogP contribution in [0.15, 0.2) is 29.4 Å². The van der Waals surface area contributed by atoms with Crippen molar-refractivity contribution in [2.24, 2.45) is 0 Å². The first-order chi connectivity index (χ1) is 11.7. The van der Waals surface area contributed by atoms with Gasteiger partial charge in [-0.1, -0.05) is 12.1 Å². The number of amides is 1. The number of benzene rings is 1. The summed E-state index contributed by atoms with van der Waals surface area (Å²) in [5.41, 5.74) is 1.01. The van der Waals surface area contributed by atoms with E-state index in [4.69, 9.17) is 0 Å². The number of hydrogen-bond acceptors (Lipinski definition) is 5. The van der Waals surface area contributed by atoms with Crippen molar-refractivity contribution in [2.75, 3.05) is 11.2 Å². The summed E-state index contributed by atoms with van der Waals surface area (Å²) in [6, 6.07) is 5.83. The molecule has 1 aromatic heterocycles. The summed E-state index contributed by atoms with van der Waals surface area (Å²) in [6.45, 7) is 3.63. The molecule has 1 aliphatic heterocycles. The van der Waals surface area contributed by atoms with E-state index < -0.39 is 20.8 Å². The topological polar surface area (TPSA) is 80.2 Å². The first kappa shape index (κ1) is 17.5. The summed E-state index contributed by atoms with van der Waals surface area (Å²) in [5, 5.41) is -0.412. The largest absolute Gasteiger partial charge is 0.294 e. The molecule has 6 nitrogen and oxygen atoms in total. The van der Waals surface area contributed by atoms with Crippen molar-refractivity contribution < 1.29 is 17.6 Å². The van der Waals surface area contributed by atoms with Crippen molar-refractivity contribution in [2.45, 2.75) is 37.9 Å². The van der Waals surface area contributed by atoms with E-state index in [0.29, 0.717) is 12.0 Å². The highest BCUT2D eigenvalue weighted by molar-refractivity contribution is 7.90. The molecule has 0 unspecified atom stereocenters. The van der Waals surface area contributed by atoms with E-state index in [1.165, 1.54) is 11.0 Å². The Morgan fingerprint density at radius 2 is 1.84 bits per heavy atom. The number of hydrogen-bond donors (Lipinski definition) is 0. The lowest BCUT2D eigenvalue weighted by Gasteiger charge is -2.32. The fourth-order valence-corrected chi connectivity index (χ4v) is 3.44. The molecule has 0 fully saturated rings. The lowest BCUT2D eigenvalue weighted by Crippen LogP contribution is -2.41. The van der Waals surface area contributed by atoms with Crippen LogP contribution in [0.4, 0.5) is 10.2 Å². The average Bonchev–Trinajstić information content (AvgIpc) is 2.52. The summed E-state index contributed by atoms with van der Waals surface area (Å²) < 4.78 is 38.4. The summed E-state index contributed by atoms with van der Waals surface area (Å²) in [7, 11) is -3.73. The van der Waals surface area contributed by atoms with Crippen molar-refractivity contribution in [1.29, 1.82) is 0 Å². The molecule has 2 aromatic rings. The van der Waals surface area contributed by atoms with Crippen molar-refractivity contribution in [1.82, 2.24) is 9.97 Å². The molecule has 2 heterocycles. The normalized spacial score (nSPS) is 14.8. The van der Waals surface area contributed by atoms with Gasteiger partial charge in [0.05, 0.1) is 5.69 Å². The van der Waals surface area contributed by atoms with Crippen molar-refractivity contribution in [3.05, 3.63) is 35.6 Å². The molecule has 0 radical (unpaired) electrons. The van der Waals surface area contributed by atoms with Crippen LogP contribution in [-0.2, 0) is 21.1 Å². The molecule has 0 spiro atoms. The monoisotopic (exact) mass is 363 g/mol. The predicted molar refractivity (Wildman–Crippen MR) is 91.5 cm³/mol. The van der Waals surface area contributed by atoms with Crippen molar-refractivity contribution in [3.63, 3.8) is 0 Å². The summed E-state index contributed by atoms with van der Waals surface area (Å²) in [6.07, 6.45) is 1.57. The van der Waals surface area contributed by atoms with Crippen LogP contribution < -0.4 is 4.90 Å². The molecule has 0 N–H and O–H groups in total. The molecular formula is C17H18FN3O3S. The first-order valence-corrected chi connectivity index (χ1v) is 9.77. The van der Waals surface area contributed by atoms with E-state index in [1.807, 2.05) is 13.8 Å². The fraction of sp³-hybridized carbons (Fsp3) is 0.353. The van der Waals surface area contributed by atoms with Gasteiger partial charge in [-0.05, 0) is 32.4 Å². The number of fused-ring (bicyclic) bond motifs is 1. The van der Waals surface area contributed by atoms with E-state index >= 15 is 0 Å². The minimum atomic E-state index is -3.73. The predicted octanol–water partition coefficient (Wildman–Crippen LogP) is 2.37. The molecule has 132 valence electrons. The Morgan fingerprint density at radius 3 is 2.44 bits per heavy atom. The fourth-order valence-electron chi connectivity index (χ4n) is 2.93. The Bertz CT molecular complexity index is 958. The Hall–Kier alpha value is -2.35. The Balaban J connectivity index is 2.37. The Morgan fingerprint density at radius 1 is 1.16 bits per heavy atom. The van der Waals surface area contributed by atoms with Crippen LogP contribution in [0.3, 0.4) is 0 Å². The highest BCUT2D eigenvalue weighted by Crippen LogP contribution is 2.36. The molecule has 3 rings (SSSR count). The van der Waals surface area contributed by atoms with Gasteiger partial charge in [-0.2, -0.15) is 0 Å². The summed E-state index contributed by atoms with van der Waals surface area (Å²) in [4.78, 5) is 22.0. The maximum absolute atomic E-state index is 14.3. The van der Waals surface area contributed by atoms with Crippen LogP contribution in [0, 0.1) is 5.82 Å². The van der Waals surface area contributed by atoms with Gasteiger partial charge >= 0.3 is 0 Å². The number of anilines is 1. The quantitative estimate of drug-likeness (QED) is 0.782. The first-order valence-electron chi connectivity index (χ1n) is 7.88. The molecule has 1 amide bonds. The van der Waals surface area contributed by atoms with Crippen LogP contribution in [0.5, 0.6) is 0 Å². The summed E-state index contributed by atoms with van der Waals surface area (Å²) in [5.74, 6) is -0.393. The third-order valence-electron chi connectivity index (χ3n) is 4.03. The van der Waals surface area contributed by atoms with Crippen molar-refractivity contribution >= 4 is 21.6 Å². The lowest BCUT2D eigenvalue weighted by molar-refractivity contribution is -0.119. The molecule has 25 heavy (non-hydrogen) atoms. The molecule has 0 aliphatic carbocycles. The van der Waals surface area contributed by atoms with E-state index in [-0.39, 0.29) is 35.4 Å². The second-order valence-corrected chi connectivity index (χ2v) is 8.18. The zero-order valence-electron chi connectivity index (χ0n) is 14.2. The van der Waals surface area contributed by atoms with Gasteiger partial charge in [0.25, 0.3) is 0 Å². The van der Waals surface area contributed by atoms with Gasteiger partial charge in [0, 0.05) is 29.8 Å². The van der Waals surface area contributed by atoms with Gasteiger partial charge in [0.2, 0.25) is 20.9 Å². The minimum absolute atomic E-state index is 0.139. The van der Waals surface area contributed by atoms with Crippen molar-refractivity contribution in [3.8, 4) is 11.3 Å². The number of carbonyl (C=O) groups excluding carboxylic acids is 1. The molecule has 8 heteroatoms. The van der Waals surface area contributed by atoms with Crippen LogP contribution in [0.1, 0.15) is 25.8 Å². The Kier molecular flexibility index (Phi) is 4.32. The number of aromatic nitrogens is 2. The molecule has 0 saturated heterocycles. The molecule has 0 atom stereocenters. The minimum Gasteiger partial charge on any atom is -0.294 e. The molecule has 1 aromatic carbocycles. The second-order valence-electron chi connectivity index (χ2n) is 6.27. The number of halogens is 1. The van der Waals surface area contributed by atoms with Crippen LogP contribution in [-0.4, -0.2) is 36.6 Å². The molecule has 0 bridgehead atoms. The third-order valence-corrected chi connectivity index (χ3v) is 4.87. The SMILES string of the molecule is CC(C)N1C(=O)CCc2c(-c3ccccc3F)nc(S(C)(=O)=O)nc21. The highest BCUT2D eigenvalue weighted by atomic mass is 32.2. The number of nitrogens with zero attached hydrogens (tertiary/aromatic N) is 3. The number of carbonyl (C=O) groups is 1. The number of sulfone groups is 1. The maximum atomic E-state index is 14.3. The third kappa shape index (κ3) is 3.13. The smallest absolute Gasteiger partial charge is 0.249 e. The van der Waals surface area contributed by atoms with E-state index in [2.05, 4.69) is 9.97 Å². The number of rotatable bonds is 3. The molecular weight excluding hydrogens is 345 g/mol. The van der Waals surface area contributed by atoms with Crippen LogP contribution in [0.25, 0.3) is 11.3 Å². The van der Waals surface area contributed by atoms with Gasteiger partial charge in [-0.15, -0.1) is 0 Å². The van der Waals surface area contributed by atoms with Gasteiger partial charge in [-0.3, -0.25) is 9.69 Å². The van der Waals surface area contributed by atoms with Crippen LogP contribution in [0.2, 0.25) is 0 Å². The summed E-state index contributed by atoms with van der Waals surface area (Å²) >= 11 is 0. The standard InChI is InChI=1S/C17H18FN3O3S/c1-10(2)21-14(22)9-8-12-15(11-6-4-5-7-13(11)18)19-17(20-16(12)21)25(3,23)24/h4-7,10H,8-9H2,1-3H3. The maximum Gasteiger partial charge on any atom is 0.249 e.